The third kappa shape index (κ3) is 20.1. The van der Waals surface area contributed by atoms with Crippen LogP contribution in [0.15, 0.2) is 24.3 Å². The molecule has 0 aliphatic carbocycles. The molecule has 0 radical (unpaired) electrons. The van der Waals surface area contributed by atoms with Crippen LogP contribution in [-0.2, 0) is 23.7 Å². The highest BCUT2D eigenvalue weighted by Crippen LogP contribution is 2.30. The van der Waals surface area contributed by atoms with Gasteiger partial charge in [-0.15, -0.1) is 0 Å². The first-order valence-corrected chi connectivity index (χ1v) is 22.1. The molecule has 334 valence electrons. The Kier molecular flexibility index (Phi) is 28.4. The van der Waals surface area contributed by atoms with E-state index in [1.165, 1.54) is 83.5 Å². The second kappa shape index (κ2) is 31.4. The van der Waals surface area contributed by atoms with E-state index in [-0.39, 0.29) is 18.9 Å². The number of amides is 1. The molecule has 2 rings (SSSR count). The van der Waals surface area contributed by atoms with E-state index >= 15 is 0 Å². The second-order valence-corrected chi connectivity index (χ2v) is 15.8. The van der Waals surface area contributed by atoms with Gasteiger partial charge in [-0.1, -0.05) is 134 Å². The average Bonchev–Trinajstić information content (AvgIpc) is 3.21. The Bertz CT molecular complexity index is 1060. The van der Waals surface area contributed by atoms with Crippen molar-refractivity contribution in [2.24, 2.45) is 0 Å². The summed E-state index contributed by atoms with van der Waals surface area (Å²) in [6.45, 7) is 2.70. The van der Waals surface area contributed by atoms with E-state index < -0.39 is 86.8 Å². The number of aliphatic hydroxyl groups excluding tert-OH is 8. The van der Waals surface area contributed by atoms with Crippen molar-refractivity contribution in [1.82, 2.24) is 5.32 Å². The van der Waals surface area contributed by atoms with E-state index in [2.05, 4.69) is 31.3 Å². The van der Waals surface area contributed by atoms with Gasteiger partial charge in [-0.25, -0.2) is 0 Å². The maximum atomic E-state index is 13.0. The fraction of sp³-hybridized carbons (Fsp3) is 0.884. The van der Waals surface area contributed by atoms with Gasteiger partial charge in [0.1, 0.15) is 48.8 Å². The van der Waals surface area contributed by atoms with Gasteiger partial charge in [0.05, 0.1) is 32.0 Å². The van der Waals surface area contributed by atoms with Gasteiger partial charge in [0.15, 0.2) is 12.6 Å². The highest BCUT2D eigenvalue weighted by molar-refractivity contribution is 5.76. The number of allylic oxidation sites excluding steroid dienone is 3. The Hall–Kier alpha value is -1.53. The maximum Gasteiger partial charge on any atom is 0.220 e. The van der Waals surface area contributed by atoms with Crippen LogP contribution in [0.25, 0.3) is 0 Å². The number of carbonyl (C=O) groups is 1. The molecule has 12 unspecified atom stereocenters. The summed E-state index contributed by atoms with van der Waals surface area (Å²) < 4.78 is 22.6. The van der Waals surface area contributed by atoms with Crippen LogP contribution < -0.4 is 5.32 Å². The molecule has 0 aromatic heterocycles. The molecule has 2 fully saturated rings. The van der Waals surface area contributed by atoms with E-state index in [1.807, 2.05) is 6.08 Å². The molecule has 0 aromatic carbocycles. The SMILES string of the molecule is CCCCCCCC/C=C/CC/C=C/C(O)C(COC1OC(CO)C(OC2OC(CO)C(O)C(O)C2O)C(O)C1O)NC(=O)CCCCCCCCCCCCC. The molecule has 1 amide bonds. The Balaban J connectivity index is 1.94. The molecule has 12 atom stereocenters. The van der Waals surface area contributed by atoms with Crippen LogP contribution in [0.3, 0.4) is 0 Å². The first kappa shape index (κ1) is 51.6. The molecule has 2 aliphatic rings. The zero-order chi connectivity index (χ0) is 41.8. The first-order valence-electron chi connectivity index (χ1n) is 22.1. The summed E-state index contributed by atoms with van der Waals surface area (Å²) in [6.07, 6.45) is 13.8. The van der Waals surface area contributed by atoms with Gasteiger partial charge in [0, 0.05) is 6.42 Å². The average molecular weight is 818 g/mol. The number of unbranched alkanes of at least 4 members (excludes halogenated alkanes) is 17. The van der Waals surface area contributed by atoms with Crippen molar-refractivity contribution in [2.75, 3.05) is 19.8 Å². The minimum absolute atomic E-state index is 0.254. The van der Waals surface area contributed by atoms with E-state index in [0.29, 0.717) is 12.8 Å². The number of aliphatic hydroxyl groups is 8. The van der Waals surface area contributed by atoms with Crippen molar-refractivity contribution in [1.29, 1.82) is 0 Å². The number of hydrogen-bond acceptors (Lipinski definition) is 13. The molecule has 57 heavy (non-hydrogen) atoms. The van der Waals surface area contributed by atoms with Crippen LogP contribution in [-0.4, -0.2) is 140 Å². The van der Waals surface area contributed by atoms with Gasteiger partial charge in [-0.05, 0) is 32.1 Å². The van der Waals surface area contributed by atoms with Crippen molar-refractivity contribution in [3.05, 3.63) is 24.3 Å². The summed E-state index contributed by atoms with van der Waals surface area (Å²) >= 11 is 0. The molecular weight excluding hydrogens is 738 g/mol. The molecule has 0 aromatic rings. The molecular formula is C43H79NO13. The van der Waals surface area contributed by atoms with Crippen molar-refractivity contribution in [3.63, 3.8) is 0 Å². The standard InChI is InChI=1S/C43H79NO13/c1-3-5-7-9-11-13-15-17-18-20-22-24-26-32(47)31(44-35(48)27-25-23-21-19-16-14-12-10-8-6-4-2)30-54-42-40(53)38(51)41(34(29-46)56-42)57-43-39(52)37(50)36(49)33(28-45)55-43/h17-18,24,26,31-34,36-43,45-47,49-53H,3-16,19-23,25,27-30H2,1-2H3,(H,44,48)/b18-17+,26-24+. The van der Waals surface area contributed by atoms with Gasteiger partial charge in [0.25, 0.3) is 0 Å². The summed E-state index contributed by atoms with van der Waals surface area (Å²) in [4.78, 5) is 13.0. The number of ether oxygens (including phenoxy) is 4. The van der Waals surface area contributed by atoms with Crippen molar-refractivity contribution in [2.45, 2.75) is 222 Å². The summed E-state index contributed by atoms with van der Waals surface area (Å²) in [5, 5.41) is 86.3. The Morgan fingerprint density at radius 3 is 1.72 bits per heavy atom. The van der Waals surface area contributed by atoms with Crippen LogP contribution in [0.1, 0.15) is 149 Å². The van der Waals surface area contributed by atoms with Crippen molar-refractivity contribution in [3.8, 4) is 0 Å². The van der Waals surface area contributed by atoms with Gasteiger partial charge in [-0.2, -0.15) is 0 Å². The lowest BCUT2D eigenvalue weighted by atomic mass is 9.97. The fourth-order valence-electron chi connectivity index (χ4n) is 7.19. The van der Waals surface area contributed by atoms with Crippen LogP contribution >= 0.6 is 0 Å². The minimum atomic E-state index is -1.79. The van der Waals surface area contributed by atoms with Crippen LogP contribution in [0.2, 0.25) is 0 Å². The van der Waals surface area contributed by atoms with Crippen LogP contribution in [0.4, 0.5) is 0 Å². The van der Waals surface area contributed by atoms with Crippen molar-refractivity contribution >= 4 is 5.91 Å². The zero-order valence-electron chi connectivity index (χ0n) is 34.8. The Labute approximate surface area is 341 Å². The van der Waals surface area contributed by atoms with Crippen molar-refractivity contribution < 1.29 is 64.6 Å². The third-order valence-electron chi connectivity index (χ3n) is 10.9. The molecule has 14 heteroatoms. The van der Waals surface area contributed by atoms with Gasteiger partial charge < -0.3 is 65.1 Å². The Morgan fingerprint density at radius 2 is 1.12 bits per heavy atom. The highest BCUT2D eigenvalue weighted by atomic mass is 16.7. The third-order valence-corrected chi connectivity index (χ3v) is 10.9. The van der Waals surface area contributed by atoms with Crippen LogP contribution in [0.5, 0.6) is 0 Å². The first-order chi connectivity index (χ1) is 27.6. The van der Waals surface area contributed by atoms with E-state index in [1.54, 1.807) is 6.08 Å². The van der Waals surface area contributed by atoms with Gasteiger partial charge in [-0.3, -0.25) is 4.79 Å². The molecule has 2 saturated heterocycles. The smallest absolute Gasteiger partial charge is 0.220 e. The molecule has 0 saturated carbocycles. The van der Waals surface area contributed by atoms with Gasteiger partial charge in [0.2, 0.25) is 5.91 Å². The van der Waals surface area contributed by atoms with E-state index in [9.17, 15) is 45.6 Å². The highest BCUT2D eigenvalue weighted by Gasteiger charge is 2.50. The lowest BCUT2D eigenvalue weighted by molar-refractivity contribution is -0.359. The summed E-state index contributed by atoms with van der Waals surface area (Å²) in [6, 6.07) is -0.923. The quantitative estimate of drug-likeness (QED) is 0.0348. The molecule has 0 bridgehead atoms. The van der Waals surface area contributed by atoms with Gasteiger partial charge >= 0.3 is 0 Å². The lowest BCUT2D eigenvalue weighted by Gasteiger charge is -2.46. The number of carbonyl (C=O) groups excluding carboxylic acids is 1. The van der Waals surface area contributed by atoms with E-state index in [0.717, 1.165) is 32.1 Å². The summed E-state index contributed by atoms with van der Waals surface area (Å²) in [7, 11) is 0. The predicted molar refractivity (Wildman–Crippen MR) is 217 cm³/mol. The maximum absolute atomic E-state index is 13.0. The minimum Gasteiger partial charge on any atom is -0.394 e. The zero-order valence-corrected chi connectivity index (χ0v) is 34.8. The molecule has 9 N–H and O–H groups in total. The lowest BCUT2D eigenvalue weighted by Crippen LogP contribution is -2.65. The summed E-state index contributed by atoms with van der Waals surface area (Å²) in [5.74, 6) is -0.254. The monoisotopic (exact) mass is 818 g/mol. The molecule has 14 nitrogen and oxygen atoms in total. The number of hydrogen-bond donors (Lipinski definition) is 9. The number of nitrogens with one attached hydrogen (secondary N) is 1. The molecule has 0 spiro atoms. The second-order valence-electron chi connectivity index (χ2n) is 15.8. The Morgan fingerprint density at radius 1 is 0.614 bits per heavy atom. The number of rotatable bonds is 32. The van der Waals surface area contributed by atoms with E-state index in [4.69, 9.17) is 18.9 Å². The topological polar surface area (TPSA) is 228 Å². The molecule has 2 aliphatic heterocycles. The summed E-state index contributed by atoms with van der Waals surface area (Å²) in [5.41, 5.74) is 0. The largest absolute Gasteiger partial charge is 0.394 e. The molecule has 2 heterocycles. The normalized spacial score (nSPS) is 29.3. The predicted octanol–water partition coefficient (Wildman–Crippen LogP) is 3.82. The van der Waals surface area contributed by atoms with Crippen LogP contribution in [0, 0.1) is 0 Å². The fourth-order valence-corrected chi connectivity index (χ4v) is 7.19.